The third-order valence-electron chi connectivity index (χ3n) is 3.82. The number of aliphatic hydroxyl groups is 1. The SMILES string of the molecule is CCCNC(=O)c1sccc1S(=O)(=O)N1CCC(CO)CC1. The van der Waals surface area contributed by atoms with E-state index in [0.717, 1.165) is 17.8 Å². The van der Waals surface area contributed by atoms with Gasteiger partial charge in [-0.25, -0.2) is 8.42 Å². The highest BCUT2D eigenvalue weighted by atomic mass is 32.2. The Morgan fingerprint density at radius 3 is 2.73 bits per heavy atom. The second-order valence-electron chi connectivity index (χ2n) is 5.40. The van der Waals surface area contributed by atoms with Crippen LogP contribution in [0.5, 0.6) is 0 Å². The van der Waals surface area contributed by atoms with Gasteiger partial charge in [0, 0.05) is 26.2 Å². The molecule has 1 saturated heterocycles. The third kappa shape index (κ3) is 3.68. The van der Waals surface area contributed by atoms with E-state index in [9.17, 15) is 13.2 Å². The van der Waals surface area contributed by atoms with E-state index in [2.05, 4.69) is 5.32 Å². The summed E-state index contributed by atoms with van der Waals surface area (Å²) in [5.74, 6) is -0.165. The van der Waals surface area contributed by atoms with E-state index in [4.69, 9.17) is 5.11 Å². The van der Waals surface area contributed by atoms with E-state index < -0.39 is 10.0 Å². The quantitative estimate of drug-likeness (QED) is 0.812. The summed E-state index contributed by atoms with van der Waals surface area (Å²) >= 11 is 1.15. The summed E-state index contributed by atoms with van der Waals surface area (Å²) in [7, 11) is -3.65. The van der Waals surface area contributed by atoms with Gasteiger partial charge in [-0.2, -0.15) is 4.31 Å². The average Bonchev–Trinajstić information content (AvgIpc) is 3.03. The maximum Gasteiger partial charge on any atom is 0.262 e. The summed E-state index contributed by atoms with van der Waals surface area (Å²) in [4.78, 5) is 12.4. The van der Waals surface area contributed by atoms with E-state index in [1.807, 2.05) is 6.92 Å². The standard InChI is InChI=1S/C14H22N2O4S2/c1-2-6-15-14(18)13-12(5-9-21-13)22(19,20)16-7-3-11(10-17)4-8-16/h5,9,11,17H,2-4,6-8,10H2,1H3,(H,15,18). The third-order valence-corrected chi connectivity index (χ3v) is 6.80. The minimum Gasteiger partial charge on any atom is -0.396 e. The van der Waals surface area contributed by atoms with Crippen molar-refractivity contribution in [2.45, 2.75) is 31.1 Å². The lowest BCUT2D eigenvalue weighted by Gasteiger charge is -2.30. The summed E-state index contributed by atoms with van der Waals surface area (Å²) in [6.07, 6.45) is 2.10. The number of thiophene rings is 1. The van der Waals surface area contributed by atoms with Gasteiger partial charge in [-0.15, -0.1) is 11.3 Å². The number of nitrogens with zero attached hydrogens (tertiary/aromatic N) is 1. The maximum absolute atomic E-state index is 12.7. The molecule has 2 N–H and O–H groups in total. The molecule has 1 fully saturated rings. The summed E-state index contributed by atoms with van der Waals surface area (Å²) in [6.45, 7) is 3.34. The van der Waals surface area contributed by atoms with Crippen molar-refractivity contribution in [2.75, 3.05) is 26.2 Å². The monoisotopic (exact) mass is 346 g/mol. The number of hydrogen-bond acceptors (Lipinski definition) is 5. The van der Waals surface area contributed by atoms with Gasteiger partial charge in [0.15, 0.2) is 0 Å². The molecule has 124 valence electrons. The van der Waals surface area contributed by atoms with E-state index in [-0.39, 0.29) is 28.2 Å². The lowest BCUT2D eigenvalue weighted by atomic mass is 10.00. The van der Waals surface area contributed by atoms with Gasteiger partial charge in [-0.3, -0.25) is 4.79 Å². The van der Waals surface area contributed by atoms with E-state index in [1.165, 1.54) is 10.4 Å². The van der Waals surface area contributed by atoms with Crippen LogP contribution < -0.4 is 5.32 Å². The van der Waals surface area contributed by atoms with Crippen LogP contribution in [0.15, 0.2) is 16.3 Å². The summed E-state index contributed by atoms with van der Waals surface area (Å²) in [5.41, 5.74) is 0. The molecule has 0 unspecified atom stereocenters. The summed E-state index contributed by atoms with van der Waals surface area (Å²) in [5, 5.41) is 13.5. The molecule has 22 heavy (non-hydrogen) atoms. The summed E-state index contributed by atoms with van der Waals surface area (Å²) < 4.78 is 26.9. The number of carbonyl (C=O) groups excluding carboxylic acids is 1. The van der Waals surface area contributed by atoms with Crippen LogP contribution >= 0.6 is 11.3 Å². The highest BCUT2D eigenvalue weighted by molar-refractivity contribution is 7.89. The van der Waals surface area contributed by atoms with Crippen molar-refractivity contribution in [3.05, 3.63) is 16.3 Å². The fourth-order valence-electron chi connectivity index (χ4n) is 2.46. The van der Waals surface area contributed by atoms with Crippen molar-refractivity contribution in [1.29, 1.82) is 0 Å². The first-order valence-corrected chi connectivity index (χ1v) is 9.79. The number of carbonyl (C=O) groups is 1. The number of aliphatic hydroxyl groups excluding tert-OH is 1. The number of nitrogens with one attached hydrogen (secondary N) is 1. The molecule has 0 aromatic carbocycles. The van der Waals surface area contributed by atoms with Crippen molar-refractivity contribution in [3.8, 4) is 0 Å². The van der Waals surface area contributed by atoms with E-state index in [0.29, 0.717) is 32.5 Å². The highest BCUT2D eigenvalue weighted by Crippen LogP contribution is 2.28. The second-order valence-corrected chi connectivity index (χ2v) is 8.22. The fraction of sp³-hybridized carbons (Fsp3) is 0.643. The molecule has 2 rings (SSSR count). The normalized spacial score (nSPS) is 17.5. The predicted molar refractivity (Wildman–Crippen MR) is 85.5 cm³/mol. The lowest BCUT2D eigenvalue weighted by Crippen LogP contribution is -2.39. The Morgan fingerprint density at radius 1 is 1.45 bits per heavy atom. The zero-order chi connectivity index (χ0) is 16.2. The molecular weight excluding hydrogens is 324 g/mol. The van der Waals surface area contributed by atoms with Crippen LogP contribution in [0.1, 0.15) is 35.9 Å². The molecule has 1 aromatic rings. The van der Waals surface area contributed by atoms with E-state index in [1.54, 1.807) is 5.38 Å². The van der Waals surface area contributed by atoms with Crippen molar-refractivity contribution in [2.24, 2.45) is 5.92 Å². The number of sulfonamides is 1. The Bertz CT molecular complexity index is 604. The van der Waals surface area contributed by atoms with Gasteiger partial charge in [-0.1, -0.05) is 6.92 Å². The van der Waals surface area contributed by atoms with E-state index >= 15 is 0 Å². The molecule has 6 nitrogen and oxygen atoms in total. The van der Waals surface area contributed by atoms with Gasteiger partial charge >= 0.3 is 0 Å². The molecule has 1 aliphatic rings. The molecular formula is C14H22N2O4S2. The highest BCUT2D eigenvalue weighted by Gasteiger charge is 2.32. The van der Waals surface area contributed by atoms with Crippen molar-refractivity contribution < 1.29 is 18.3 Å². The second kappa shape index (κ2) is 7.54. The van der Waals surface area contributed by atoms with Crippen LogP contribution in [0.2, 0.25) is 0 Å². The van der Waals surface area contributed by atoms with Crippen LogP contribution in [0, 0.1) is 5.92 Å². The molecule has 0 spiro atoms. The topological polar surface area (TPSA) is 86.7 Å². The van der Waals surface area contributed by atoms with Gasteiger partial charge < -0.3 is 10.4 Å². The predicted octanol–water partition coefficient (Wildman–Crippen LogP) is 1.28. The van der Waals surface area contributed by atoms with Crippen LogP contribution in [0.3, 0.4) is 0 Å². The number of piperidine rings is 1. The first-order chi connectivity index (χ1) is 10.5. The molecule has 0 saturated carbocycles. The van der Waals surface area contributed by atoms with Gasteiger partial charge in [0.2, 0.25) is 10.0 Å². The molecule has 8 heteroatoms. The number of amides is 1. The van der Waals surface area contributed by atoms with Gasteiger partial charge in [0.1, 0.15) is 9.77 Å². The molecule has 0 atom stereocenters. The molecule has 0 radical (unpaired) electrons. The number of hydrogen-bond donors (Lipinski definition) is 2. The molecule has 2 heterocycles. The number of rotatable bonds is 6. The Kier molecular flexibility index (Phi) is 5.96. The van der Waals surface area contributed by atoms with Crippen molar-refractivity contribution in [3.63, 3.8) is 0 Å². The van der Waals surface area contributed by atoms with Crippen molar-refractivity contribution >= 4 is 27.3 Å². The zero-order valence-corrected chi connectivity index (χ0v) is 14.3. The first kappa shape index (κ1) is 17.4. The lowest BCUT2D eigenvalue weighted by molar-refractivity contribution is 0.0954. The molecule has 0 bridgehead atoms. The summed E-state index contributed by atoms with van der Waals surface area (Å²) in [6, 6.07) is 1.50. The Morgan fingerprint density at radius 2 is 2.14 bits per heavy atom. The van der Waals surface area contributed by atoms with Crippen LogP contribution in [0.25, 0.3) is 0 Å². The minimum absolute atomic E-state index is 0.0913. The van der Waals surface area contributed by atoms with Crippen LogP contribution in [-0.2, 0) is 10.0 Å². The Hall–Kier alpha value is -0.960. The Balaban J connectivity index is 2.17. The first-order valence-electron chi connectivity index (χ1n) is 7.47. The van der Waals surface area contributed by atoms with Gasteiger partial charge in [0.25, 0.3) is 5.91 Å². The fourth-order valence-corrected chi connectivity index (χ4v) is 5.24. The van der Waals surface area contributed by atoms with Crippen LogP contribution in [-0.4, -0.2) is 50.0 Å². The van der Waals surface area contributed by atoms with Gasteiger partial charge in [0.05, 0.1) is 0 Å². The Labute approximate surface area is 135 Å². The maximum atomic E-state index is 12.7. The van der Waals surface area contributed by atoms with Gasteiger partial charge in [-0.05, 0) is 36.6 Å². The minimum atomic E-state index is -3.65. The molecule has 1 aliphatic heterocycles. The molecule has 1 amide bonds. The van der Waals surface area contributed by atoms with Crippen molar-refractivity contribution in [1.82, 2.24) is 9.62 Å². The molecule has 0 aliphatic carbocycles. The zero-order valence-electron chi connectivity index (χ0n) is 12.6. The largest absolute Gasteiger partial charge is 0.396 e. The smallest absolute Gasteiger partial charge is 0.262 e. The average molecular weight is 346 g/mol. The molecule has 1 aromatic heterocycles. The van der Waals surface area contributed by atoms with Crippen LogP contribution in [0.4, 0.5) is 0 Å².